The molecule has 2 heterocycles. The van der Waals surface area contributed by atoms with Crippen LogP contribution in [0.1, 0.15) is 23.7 Å². The molecule has 132 valence electrons. The van der Waals surface area contributed by atoms with Gasteiger partial charge in [-0.15, -0.1) is 0 Å². The average Bonchev–Trinajstić information content (AvgIpc) is 3.12. The first kappa shape index (κ1) is 17.2. The van der Waals surface area contributed by atoms with E-state index in [4.69, 9.17) is 0 Å². The molecular formula is C19H22FN3O2. The number of aromatic nitrogens is 1. The fourth-order valence-electron chi connectivity index (χ4n) is 3.47. The van der Waals surface area contributed by atoms with Crippen molar-refractivity contribution in [2.75, 3.05) is 14.1 Å². The molecule has 0 bridgehead atoms. The average molecular weight is 343 g/mol. The summed E-state index contributed by atoms with van der Waals surface area (Å²) < 4.78 is 15.2. The van der Waals surface area contributed by atoms with Crippen LogP contribution in [0.5, 0.6) is 0 Å². The summed E-state index contributed by atoms with van der Waals surface area (Å²) in [6.45, 7) is 0.479. The van der Waals surface area contributed by atoms with Crippen LogP contribution in [0.2, 0.25) is 0 Å². The first-order valence-electron chi connectivity index (χ1n) is 8.25. The van der Waals surface area contributed by atoms with Crippen LogP contribution in [-0.4, -0.2) is 40.3 Å². The van der Waals surface area contributed by atoms with Gasteiger partial charge in [0.1, 0.15) is 5.82 Å². The van der Waals surface area contributed by atoms with Crippen molar-refractivity contribution in [2.45, 2.75) is 19.0 Å². The van der Waals surface area contributed by atoms with Crippen LogP contribution in [-0.2, 0) is 23.2 Å². The lowest BCUT2D eigenvalue weighted by Crippen LogP contribution is -2.36. The van der Waals surface area contributed by atoms with Gasteiger partial charge in [-0.3, -0.25) is 9.59 Å². The molecule has 1 fully saturated rings. The van der Waals surface area contributed by atoms with Crippen molar-refractivity contribution in [3.05, 3.63) is 59.7 Å². The van der Waals surface area contributed by atoms with Gasteiger partial charge in [0.05, 0.1) is 18.5 Å². The van der Waals surface area contributed by atoms with Crippen LogP contribution in [0.15, 0.2) is 42.6 Å². The summed E-state index contributed by atoms with van der Waals surface area (Å²) in [5.74, 6) is -0.944. The van der Waals surface area contributed by atoms with E-state index in [9.17, 15) is 14.0 Å². The number of rotatable bonds is 4. The molecule has 2 atom stereocenters. The van der Waals surface area contributed by atoms with E-state index in [0.29, 0.717) is 6.54 Å². The minimum absolute atomic E-state index is 0.0695. The molecule has 0 spiro atoms. The number of carbonyl (C=O) groups excluding carboxylic acids is 2. The van der Waals surface area contributed by atoms with E-state index in [2.05, 4.69) is 0 Å². The van der Waals surface area contributed by atoms with Crippen molar-refractivity contribution in [3.63, 3.8) is 0 Å². The maximum atomic E-state index is 13.2. The van der Waals surface area contributed by atoms with Gasteiger partial charge in [0.25, 0.3) is 0 Å². The summed E-state index contributed by atoms with van der Waals surface area (Å²) in [4.78, 5) is 28.4. The summed E-state index contributed by atoms with van der Waals surface area (Å²) in [5.41, 5.74) is 1.80. The number of carbonyl (C=O) groups is 2. The van der Waals surface area contributed by atoms with Crippen molar-refractivity contribution < 1.29 is 14.0 Å². The predicted octanol–water partition coefficient (Wildman–Crippen LogP) is 2.34. The molecule has 1 aromatic heterocycles. The Kier molecular flexibility index (Phi) is 4.61. The van der Waals surface area contributed by atoms with Crippen LogP contribution in [0.25, 0.3) is 0 Å². The number of benzene rings is 1. The molecule has 1 saturated heterocycles. The molecule has 25 heavy (non-hydrogen) atoms. The third-order valence-electron chi connectivity index (χ3n) is 4.94. The second kappa shape index (κ2) is 6.70. The molecular weight excluding hydrogens is 321 g/mol. The van der Waals surface area contributed by atoms with Gasteiger partial charge in [0.2, 0.25) is 11.8 Å². The predicted molar refractivity (Wildman–Crippen MR) is 91.9 cm³/mol. The third kappa shape index (κ3) is 3.29. The van der Waals surface area contributed by atoms with Gasteiger partial charge in [-0.25, -0.2) is 4.39 Å². The minimum Gasteiger partial charge on any atom is -0.353 e. The highest BCUT2D eigenvalue weighted by Crippen LogP contribution is 2.38. The van der Waals surface area contributed by atoms with Crippen LogP contribution < -0.4 is 0 Å². The van der Waals surface area contributed by atoms with E-state index >= 15 is 0 Å². The van der Waals surface area contributed by atoms with Crippen molar-refractivity contribution in [1.82, 2.24) is 14.4 Å². The highest BCUT2D eigenvalue weighted by atomic mass is 19.1. The Labute approximate surface area is 146 Å². The maximum absolute atomic E-state index is 13.2. The molecule has 0 saturated carbocycles. The van der Waals surface area contributed by atoms with Crippen molar-refractivity contribution in [3.8, 4) is 0 Å². The van der Waals surface area contributed by atoms with E-state index < -0.39 is 5.92 Å². The van der Waals surface area contributed by atoms with Crippen molar-refractivity contribution in [1.29, 1.82) is 0 Å². The zero-order valence-corrected chi connectivity index (χ0v) is 14.6. The van der Waals surface area contributed by atoms with Gasteiger partial charge >= 0.3 is 0 Å². The number of halogens is 1. The number of nitrogens with zero attached hydrogens (tertiary/aromatic N) is 3. The molecule has 3 rings (SSSR count). The Morgan fingerprint density at radius 3 is 2.52 bits per heavy atom. The zero-order chi connectivity index (χ0) is 18.1. The van der Waals surface area contributed by atoms with Gasteiger partial charge in [-0.1, -0.05) is 12.1 Å². The SMILES string of the molecule is CN(Cc1cccn1C)C(=O)[C@H]1CC(=O)N(C)[C@H]1c1ccc(F)cc1. The van der Waals surface area contributed by atoms with Crippen molar-refractivity contribution in [2.24, 2.45) is 13.0 Å². The van der Waals surface area contributed by atoms with Gasteiger partial charge in [-0.2, -0.15) is 0 Å². The van der Waals surface area contributed by atoms with E-state index in [1.54, 1.807) is 36.0 Å². The Hall–Kier alpha value is -2.63. The van der Waals surface area contributed by atoms with Gasteiger partial charge < -0.3 is 14.4 Å². The van der Waals surface area contributed by atoms with Gasteiger partial charge in [0, 0.05) is 39.5 Å². The first-order valence-corrected chi connectivity index (χ1v) is 8.25. The highest BCUT2D eigenvalue weighted by molar-refractivity contribution is 5.90. The fraction of sp³-hybridized carbons (Fsp3) is 0.368. The first-order chi connectivity index (χ1) is 11.9. The molecule has 0 radical (unpaired) electrons. The lowest BCUT2D eigenvalue weighted by Gasteiger charge is -2.28. The fourth-order valence-corrected chi connectivity index (χ4v) is 3.47. The molecule has 0 aliphatic carbocycles. The quantitative estimate of drug-likeness (QED) is 0.855. The summed E-state index contributed by atoms with van der Waals surface area (Å²) in [5, 5.41) is 0. The molecule has 0 unspecified atom stereocenters. The summed E-state index contributed by atoms with van der Waals surface area (Å²) in [6.07, 6.45) is 2.11. The largest absolute Gasteiger partial charge is 0.353 e. The lowest BCUT2D eigenvalue weighted by molar-refractivity contribution is -0.135. The van der Waals surface area contributed by atoms with Crippen molar-refractivity contribution >= 4 is 11.8 Å². The number of hydrogen-bond donors (Lipinski definition) is 0. The third-order valence-corrected chi connectivity index (χ3v) is 4.94. The second-order valence-corrected chi connectivity index (χ2v) is 6.62. The number of hydrogen-bond acceptors (Lipinski definition) is 2. The van der Waals surface area contributed by atoms with Gasteiger partial charge in [-0.05, 0) is 29.8 Å². The summed E-state index contributed by atoms with van der Waals surface area (Å²) >= 11 is 0. The molecule has 2 amide bonds. The Balaban J connectivity index is 1.83. The molecule has 1 aliphatic heterocycles. The lowest BCUT2D eigenvalue weighted by atomic mass is 9.92. The molecule has 2 aromatic rings. The standard InChI is InChI=1S/C19H22FN3O2/c1-21-10-4-5-15(21)12-22(2)19(25)16-11-17(24)23(3)18(16)13-6-8-14(20)9-7-13/h4-10,16,18H,11-12H2,1-3H3/t16-,18-/m0/s1. The van der Waals surface area contributed by atoms with E-state index in [1.165, 1.54) is 12.1 Å². The number of likely N-dealkylation sites (tertiary alicyclic amines) is 1. The second-order valence-electron chi connectivity index (χ2n) is 6.62. The molecule has 6 heteroatoms. The zero-order valence-electron chi connectivity index (χ0n) is 14.6. The van der Waals surface area contributed by atoms with Crippen LogP contribution >= 0.6 is 0 Å². The van der Waals surface area contributed by atoms with Crippen LogP contribution in [0, 0.1) is 11.7 Å². The van der Waals surface area contributed by atoms with Crippen LogP contribution in [0.4, 0.5) is 4.39 Å². The minimum atomic E-state index is -0.465. The normalized spacial score (nSPS) is 20.2. The molecule has 1 aromatic carbocycles. The van der Waals surface area contributed by atoms with Crippen LogP contribution in [0.3, 0.4) is 0 Å². The topological polar surface area (TPSA) is 45.6 Å². The maximum Gasteiger partial charge on any atom is 0.228 e. The molecule has 5 nitrogen and oxygen atoms in total. The summed E-state index contributed by atoms with van der Waals surface area (Å²) in [7, 11) is 5.38. The Bertz CT molecular complexity index is 784. The monoisotopic (exact) mass is 343 g/mol. The van der Waals surface area contributed by atoms with E-state index in [1.807, 2.05) is 29.9 Å². The Morgan fingerprint density at radius 1 is 1.24 bits per heavy atom. The molecule has 1 aliphatic rings. The Morgan fingerprint density at radius 2 is 1.92 bits per heavy atom. The highest BCUT2D eigenvalue weighted by Gasteiger charge is 2.43. The number of aryl methyl sites for hydroxylation is 1. The molecule has 0 N–H and O–H groups in total. The smallest absolute Gasteiger partial charge is 0.228 e. The van der Waals surface area contributed by atoms with E-state index in [-0.39, 0.29) is 30.1 Å². The summed E-state index contributed by atoms with van der Waals surface area (Å²) in [6, 6.07) is 9.55. The van der Waals surface area contributed by atoms with E-state index in [0.717, 1.165) is 11.3 Å². The number of amides is 2. The van der Waals surface area contributed by atoms with Gasteiger partial charge in [0.15, 0.2) is 0 Å².